The molecule has 0 spiro atoms. The zero-order chi connectivity index (χ0) is 11.6. The molecule has 1 unspecified atom stereocenters. The lowest BCUT2D eigenvalue weighted by Crippen LogP contribution is -2.53. The Labute approximate surface area is 100 Å². The first-order valence-electron chi connectivity index (χ1n) is 6.72. The summed E-state index contributed by atoms with van der Waals surface area (Å²) in [6.45, 7) is 12.1. The molecule has 1 saturated heterocycles. The van der Waals surface area contributed by atoms with Crippen LogP contribution in [0.5, 0.6) is 0 Å². The van der Waals surface area contributed by atoms with Crippen molar-refractivity contribution in [2.24, 2.45) is 5.41 Å². The molecule has 0 bridgehead atoms. The van der Waals surface area contributed by atoms with Gasteiger partial charge in [-0.1, -0.05) is 19.9 Å². The van der Waals surface area contributed by atoms with Gasteiger partial charge in [0.15, 0.2) is 0 Å². The standard InChI is InChI=1S/C14H26N2/c1-4-10-16(12-6-7-12)11-13-14(2,3)8-5-9-15-13/h4,12-13,15H,1,5-11H2,2-3H3. The Morgan fingerprint density at radius 1 is 1.44 bits per heavy atom. The van der Waals surface area contributed by atoms with Crippen LogP contribution in [0.25, 0.3) is 0 Å². The molecule has 2 aliphatic rings. The summed E-state index contributed by atoms with van der Waals surface area (Å²) in [5, 5.41) is 3.70. The molecule has 1 atom stereocenters. The number of rotatable bonds is 5. The second-order valence-electron chi connectivity index (χ2n) is 6.07. The molecule has 0 aromatic heterocycles. The predicted octanol–water partition coefficient (Wildman–Crippen LogP) is 2.42. The van der Waals surface area contributed by atoms with Gasteiger partial charge in [0, 0.05) is 25.2 Å². The number of nitrogens with one attached hydrogen (secondary N) is 1. The molecular weight excluding hydrogens is 196 g/mol. The minimum absolute atomic E-state index is 0.451. The number of nitrogens with zero attached hydrogens (tertiary/aromatic N) is 1. The zero-order valence-corrected chi connectivity index (χ0v) is 10.8. The topological polar surface area (TPSA) is 15.3 Å². The number of piperidine rings is 1. The van der Waals surface area contributed by atoms with E-state index in [1.165, 1.54) is 38.8 Å². The maximum Gasteiger partial charge on any atom is 0.0246 e. The highest BCUT2D eigenvalue weighted by Gasteiger charge is 2.36. The van der Waals surface area contributed by atoms with E-state index in [4.69, 9.17) is 0 Å². The Kier molecular flexibility index (Phi) is 3.70. The quantitative estimate of drug-likeness (QED) is 0.719. The first-order chi connectivity index (χ1) is 7.63. The molecule has 0 radical (unpaired) electrons. The first kappa shape index (κ1) is 12.1. The van der Waals surface area contributed by atoms with Gasteiger partial charge in [0.2, 0.25) is 0 Å². The molecule has 0 aromatic carbocycles. The summed E-state index contributed by atoms with van der Waals surface area (Å²) in [5.41, 5.74) is 0.451. The summed E-state index contributed by atoms with van der Waals surface area (Å²) in [4.78, 5) is 2.61. The van der Waals surface area contributed by atoms with Gasteiger partial charge >= 0.3 is 0 Å². The van der Waals surface area contributed by atoms with Gasteiger partial charge in [0.1, 0.15) is 0 Å². The van der Waals surface area contributed by atoms with Crippen LogP contribution in [0.3, 0.4) is 0 Å². The molecule has 16 heavy (non-hydrogen) atoms. The van der Waals surface area contributed by atoms with Crippen LogP contribution in [0.4, 0.5) is 0 Å². The maximum absolute atomic E-state index is 3.88. The molecule has 2 heteroatoms. The Morgan fingerprint density at radius 3 is 2.75 bits per heavy atom. The minimum atomic E-state index is 0.451. The van der Waals surface area contributed by atoms with Crippen LogP contribution in [0.15, 0.2) is 12.7 Å². The van der Waals surface area contributed by atoms with Crippen molar-refractivity contribution >= 4 is 0 Å². The highest BCUT2D eigenvalue weighted by atomic mass is 15.2. The highest BCUT2D eigenvalue weighted by Crippen LogP contribution is 2.33. The fourth-order valence-electron chi connectivity index (χ4n) is 2.80. The highest BCUT2D eigenvalue weighted by molar-refractivity contribution is 4.95. The van der Waals surface area contributed by atoms with Crippen LogP contribution in [-0.2, 0) is 0 Å². The third kappa shape index (κ3) is 2.86. The fraction of sp³-hybridized carbons (Fsp3) is 0.857. The summed E-state index contributed by atoms with van der Waals surface area (Å²) in [5.74, 6) is 0. The predicted molar refractivity (Wildman–Crippen MR) is 69.6 cm³/mol. The van der Waals surface area contributed by atoms with E-state index in [2.05, 4.69) is 30.6 Å². The van der Waals surface area contributed by atoms with Gasteiger partial charge in [-0.3, -0.25) is 4.90 Å². The Hall–Kier alpha value is -0.340. The van der Waals surface area contributed by atoms with Crippen molar-refractivity contribution in [2.45, 2.75) is 51.6 Å². The van der Waals surface area contributed by atoms with Crippen molar-refractivity contribution in [3.05, 3.63) is 12.7 Å². The Morgan fingerprint density at radius 2 is 2.19 bits per heavy atom. The molecule has 2 rings (SSSR count). The van der Waals surface area contributed by atoms with E-state index >= 15 is 0 Å². The molecular formula is C14H26N2. The largest absolute Gasteiger partial charge is 0.312 e. The van der Waals surface area contributed by atoms with Gasteiger partial charge in [-0.15, -0.1) is 6.58 Å². The molecule has 2 nitrogen and oxygen atoms in total. The number of hydrogen-bond acceptors (Lipinski definition) is 2. The lowest BCUT2D eigenvalue weighted by Gasteiger charge is -2.42. The van der Waals surface area contributed by atoms with Crippen molar-refractivity contribution in [3.63, 3.8) is 0 Å². The first-order valence-corrected chi connectivity index (χ1v) is 6.72. The second kappa shape index (κ2) is 4.89. The van der Waals surface area contributed by atoms with Gasteiger partial charge in [0.05, 0.1) is 0 Å². The van der Waals surface area contributed by atoms with E-state index in [1.54, 1.807) is 0 Å². The SMILES string of the molecule is C=CCN(CC1NCCCC1(C)C)C1CC1. The van der Waals surface area contributed by atoms with E-state index in [0.717, 1.165) is 12.6 Å². The third-order valence-corrected chi connectivity index (χ3v) is 4.18. The van der Waals surface area contributed by atoms with E-state index < -0.39 is 0 Å². The molecule has 1 N–H and O–H groups in total. The molecule has 92 valence electrons. The van der Waals surface area contributed by atoms with Crippen LogP contribution < -0.4 is 5.32 Å². The smallest absolute Gasteiger partial charge is 0.0246 e. The number of hydrogen-bond donors (Lipinski definition) is 1. The van der Waals surface area contributed by atoms with Crippen LogP contribution in [0, 0.1) is 5.41 Å². The summed E-state index contributed by atoms with van der Waals surface area (Å²) in [7, 11) is 0. The molecule has 2 fully saturated rings. The Balaban J connectivity index is 1.92. The van der Waals surface area contributed by atoms with Gasteiger partial charge in [-0.2, -0.15) is 0 Å². The lowest BCUT2D eigenvalue weighted by molar-refractivity contribution is 0.128. The molecule has 1 aliphatic carbocycles. The molecule has 0 aromatic rings. The lowest BCUT2D eigenvalue weighted by atomic mass is 9.77. The van der Waals surface area contributed by atoms with Gasteiger partial charge in [-0.05, 0) is 37.6 Å². The third-order valence-electron chi connectivity index (χ3n) is 4.18. The average Bonchev–Trinajstić information content (AvgIpc) is 3.03. The maximum atomic E-state index is 3.88. The van der Waals surface area contributed by atoms with Crippen molar-refractivity contribution in [1.82, 2.24) is 10.2 Å². The van der Waals surface area contributed by atoms with Gasteiger partial charge < -0.3 is 5.32 Å². The summed E-state index contributed by atoms with van der Waals surface area (Å²) < 4.78 is 0. The van der Waals surface area contributed by atoms with Crippen LogP contribution in [0.2, 0.25) is 0 Å². The van der Waals surface area contributed by atoms with Crippen LogP contribution in [-0.4, -0.2) is 36.6 Å². The zero-order valence-electron chi connectivity index (χ0n) is 10.8. The van der Waals surface area contributed by atoms with Crippen LogP contribution in [0.1, 0.15) is 39.5 Å². The van der Waals surface area contributed by atoms with E-state index in [9.17, 15) is 0 Å². The average molecular weight is 222 g/mol. The molecule has 1 saturated carbocycles. The van der Waals surface area contributed by atoms with Crippen molar-refractivity contribution in [3.8, 4) is 0 Å². The van der Waals surface area contributed by atoms with Crippen molar-refractivity contribution in [2.75, 3.05) is 19.6 Å². The fourth-order valence-corrected chi connectivity index (χ4v) is 2.80. The van der Waals surface area contributed by atoms with E-state index in [-0.39, 0.29) is 0 Å². The van der Waals surface area contributed by atoms with E-state index in [0.29, 0.717) is 11.5 Å². The van der Waals surface area contributed by atoms with Crippen molar-refractivity contribution in [1.29, 1.82) is 0 Å². The normalized spacial score (nSPS) is 29.3. The van der Waals surface area contributed by atoms with E-state index in [1.807, 2.05) is 6.08 Å². The molecule has 1 aliphatic heterocycles. The van der Waals surface area contributed by atoms with Crippen molar-refractivity contribution < 1.29 is 0 Å². The Bertz CT molecular complexity index is 243. The second-order valence-corrected chi connectivity index (χ2v) is 6.07. The monoisotopic (exact) mass is 222 g/mol. The summed E-state index contributed by atoms with van der Waals surface area (Å²) in [6, 6.07) is 1.50. The molecule has 0 amide bonds. The molecule has 1 heterocycles. The summed E-state index contributed by atoms with van der Waals surface area (Å²) >= 11 is 0. The minimum Gasteiger partial charge on any atom is -0.312 e. The van der Waals surface area contributed by atoms with Gasteiger partial charge in [0.25, 0.3) is 0 Å². The summed E-state index contributed by atoms with van der Waals surface area (Å²) in [6.07, 6.45) is 7.52. The van der Waals surface area contributed by atoms with Gasteiger partial charge in [-0.25, -0.2) is 0 Å². The van der Waals surface area contributed by atoms with Crippen LogP contribution >= 0.6 is 0 Å².